The van der Waals surface area contributed by atoms with Gasteiger partial charge in [-0.25, -0.2) is 8.42 Å². The summed E-state index contributed by atoms with van der Waals surface area (Å²) >= 11 is 5.82. The number of carboxylic acids is 1. The van der Waals surface area contributed by atoms with E-state index in [1.807, 2.05) is 0 Å². The van der Waals surface area contributed by atoms with Gasteiger partial charge < -0.3 is 10.4 Å². The molecule has 0 saturated heterocycles. The number of amides is 1. The standard InChI is InChI=1S/C17H16ClNO5S/c1-25(23,24)14-8-4-12(5-9-14)17(22)19-15(10-16(20)21)11-2-6-13(18)7-3-11/h2-9,15H,10H2,1H3,(H,19,22)(H,20,21)/t15-/m0/s1. The van der Waals surface area contributed by atoms with Crippen molar-refractivity contribution in [1.29, 1.82) is 0 Å². The van der Waals surface area contributed by atoms with Gasteiger partial charge in [-0.2, -0.15) is 0 Å². The van der Waals surface area contributed by atoms with Crippen molar-refractivity contribution in [2.45, 2.75) is 17.4 Å². The molecule has 0 aliphatic carbocycles. The molecule has 0 aromatic heterocycles. The molecule has 0 aliphatic rings. The highest BCUT2D eigenvalue weighted by molar-refractivity contribution is 7.90. The van der Waals surface area contributed by atoms with E-state index in [0.29, 0.717) is 10.6 Å². The fraction of sp³-hybridized carbons (Fsp3) is 0.176. The number of sulfone groups is 1. The van der Waals surface area contributed by atoms with Crippen molar-refractivity contribution in [1.82, 2.24) is 5.32 Å². The molecule has 132 valence electrons. The van der Waals surface area contributed by atoms with Gasteiger partial charge in [0.2, 0.25) is 0 Å². The first kappa shape index (κ1) is 19.0. The van der Waals surface area contributed by atoms with E-state index in [0.717, 1.165) is 6.26 Å². The minimum absolute atomic E-state index is 0.101. The van der Waals surface area contributed by atoms with Gasteiger partial charge in [0.25, 0.3) is 5.91 Å². The number of aliphatic carboxylic acids is 1. The molecular weight excluding hydrogens is 366 g/mol. The Bertz CT molecular complexity index is 876. The van der Waals surface area contributed by atoms with Gasteiger partial charge in [-0.05, 0) is 42.0 Å². The molecule has 0 heterocycles. The van der Waals surface area contributed by atoms with E-state index in [9.17, 15) is 18.0 Å². The van der Waals surface area contributed by atoms with E-state index >= 15 is 0 Å². The third-order valence-corrected chi connectivity index (χ3v) is 4.88. The predicted octanol–water partition coefficient (Wildman–Crippen LogP) is 2.69. The summed E-state index contributed by atoms with van der Waals surface area (Å²) in [6, 6.07) is 11.2. The van der Waals surface area contributed by atoms with Crippen LogP contribution >= 0.6 is 11.6 Å². The predicted molar refractivity (Wildman–Crippen MR) is 93.5 cm³/mol. The van der Waals surface area contributed by atoms with Gasteiger partial charge in [-0.15, -0.1) is 0 Å². The molecule has 25 heavy (non-hydrogen) atoms. The molecule has 2 aromatic carbocycles. The fourth-order valence-corrected chi connectivity index (χ4v) is 2.97. The van der Waals surface area contributed by atoms with E-state index < -0.39 is 27.8 Å². The van der Waals surface area contributed by atoms with E-state index in [4.69, 9.17) is 16.7 Å². The Hall–Kier alpha value is -2.38. The molecule has 0 saturated carbocycles. The number of carbonyl (C=O) groups is 2. The smallest absolute Gasteiger partial charge is 0.305 e. The number of halogens is 1. The molecule has 8 heteroatoms. The van der Waals surface area contributed by atoms with Crippen LogP contribution < -0.4 is 5.32 Å². The van der Waals surface area contributed by atoms with Gasteiger partial charge in [-0.3, -0.25) is 9.59 Å². The summed E-state index contributed by atoms with van der Waals surface area (Å²) in [4.78, 5) is 23.5. The van der Waals surface area contributed by atoms with Crippen molar-refractivity contribution in [3.63, 3.8) is 0 Å². The summed E-state index contributed by atoms with van der Waals surface area (Å²) in [5, 5.41) is 12.2. The molecule has 0 spiro atoms. The van der Waals surface area contributed by atoms with Crippen LogP contribution in [0.2, 0.25) is 5.02 Å². The van der Waals surface area contributed by atoms with Gasteiger partial charge in [0.05, 0.1) is 17.4 Å². The van der Waals surface area contributed by atoms with E-state index in [1.165, 1.54) is 24.3 Å². The molecule has 0 unspecified atom stereocenters. The molecule has 1 amide bonds. The maximum Gasteiger partial charge on any atom is 0.305 e. The quantitative estimate of drug-likeness (QED) is 0.801. The second-order valence-corrected chi connectivity index (χ2v) is 7.92. The van der Waals surface area contributed by atoms with Crippen LogP contribution in [-0.2, 0) is 14.6 Å². The first-order chi connectivity index (χ1) is 11.7. The third kappa shape index (κ3) is 5.30. The van der Waals surface area contributed by atoms with Gasteiger partial charge >= 0.3 is 5.97 Å². The molecule has 6 nitrogen and oxygen atoms in total. The average Bonchev–Trinajstić information content (AvgIpc) is 2.54. The summed E-state index contributed by atoms with van der Waals surface area (Å²) in [6.07, 6.45) is 0.778. The van der Waals surface area contributed by atoms with E-state index in [2.05, 4.69) is 5.32 Å². The van der Waals surface area contributed by atoms with Crippen molar-refractivity contribution in [2.75, 3.05) is 6.26 Å². The molecule has 2 N–H and O–H groups in total. The van der Waals surface area contributed by atoms with Crippen molar-refractivity contribution < 1.29 is 23.1 Å². The Labute approximate surface area is 150 Å². The number of nitrogens with one attached hydrogen (secondary N) is 1. The summed E-state index contributed by atoms with van der Waals surface area (Å²) in [5.41, 5.74) is 0.838. The second kappa shape index (κ2) is 7.67. The monoisotopic (exact) mass is 381 g/mol. The molecule has 0 radical (unpaired) electrons. The van der Waals surface area contributed by atoms with Gasteiger partial charge in [-0.1, -0.05) is 23.7 Å². The summed E-state index contributed by atoms with van der Waals surface area (Å²) in [6.45, 7) is 0. The molecule has 2 rings (SSSR count). The van der Waals surface area contributed by atoms with Crippen molar-refractivity contribution in [3.8, 4) is 0 Å². The van der Waals surface area contributed by atoms with Crippen LogP contribution in [0.4, 0.5) is 0 Å². The Morgan fingerprint density at radius 1 is 1.08 bits per heavy atom. The van der Waals surface area contributed by atoms with E-state index in [-0.39, 0.29) is 16.9 Å². The molecule has 0 fully saturated rings. The first-order valence-corrected chi connectivity index (χ1v) is 9.52. The number of rotatable bonds is 6. The average molecular weight is 382 g/mol. The Balaban J connectivity index is 2.21. The number of hydrogen-bond acceptors (Lipinski definition) is 4. The molecular formula is C17H16ClNO5S. The zero-order valence-corrected chi connectivity index (χ0v) is 14.8. The minimum Gasteiger partial charge on any atom is -0.481 e. The highest BCUT2D eigenvalue weighted by Crippen LogP contribution is 2.20. The van der Waals surface area contributed by atoms with Crippen LogP contribution in [0.15, 0.2) is 53.4 Å². The highest BCUT2D eigenvalue weighted by Gasteiger charge is 2.19. The zero-order valence-electron chi connectivity index (χ0n) is 13.3. The Morgan fingerprint density at radius 2 is 1.64 bits per heavy atom. The molecule has 2 aromatic rings. The topological polar surface area (TPSA) is 101 Å². The molecule has 1 atom stereocenters. The maximum atomic E-state index is 12.4. The lowest BCUT2D eigenvalue weighted by molar-refractivity contribution is -0.137. The SMILES string of the molecule is CS(=O)(=O)c1ccc(C(=O)N[C@@H](CC(=O)O)c2ccc(Cl)cc2)cc1. The lowest BCUT2D eigenvalue weighted by Gasteiger charge is -2.17. The van der Waals surface area contributed by atoms with Crippen LogP contribution in [-0.4, -0.2) is 31.7 Å². The van der Waals surface area contributed by atoms with Gasteiger partial charge in [0.1, 0.15) is 0 Å². The largest absolute Gasteiger partial charge is 0.481 e. The number of hydrogen-bond donors (Lipinski definition) is 2. The first-order valence-electron chi connectivity index (χ1n) is 7.25. The second-order valence-electron chi connectivity index (χ2n) is 5.47. The fourth-order valence-electron chi connectivity index (χ4n) is 2.22. The number of carbonyl (C=O) groups excluding carboxylic acids is 1. The van der Waals surface area contributed by atoms with Crippen LogP contribution in [0.3, 0.4) is 0 Å². The summed E-state index contributed by atoms with van der Waals surface area (Å²) in [5.74, 6) is -1.56. The maximum absolute atomic E-state index is 12.4. The van der Waals surface area contributed by atoms with Gasteiger partial charge in [0, 0.05) is 16.8 Å². The van der Waals surface area contributed by atoms with E-state index in [1.54, 1.807) is 24.3 Å². The van der Waals surface area contributed by atoms with Gasteiger partial charge in [0.15, 0.2) is 9.84 Å². The van der Waals surface area contributed by atoms with Crippen LogP contribution in [0.1, 0.15) is 28.4 Å². The molecule has 0 bridgehead atoms. The molecule has 0 aliphatic heterocycles. The highest BCUT2D eigenvalue weighted by atomic mass is 35.5. The minimum atomic E-state index is -3.35. The Morgan fingerprint density at radius 3 is 2.12 bits per heavy atom. The normalized spacial score (nSPS) is 12.4. The number of benzene rings is 2. The third-order valence-electron chi connectivity index (χ3n) is 3.50. The van der Waals surface area contributed by atoms with Crippen molar-refractivity contribution in [2.24, 2.45) is 0 Å². The number of carboxylic acid groups (broad SMARTS) is 1. The lowest BCUT2D eigenvalue weighted by atomic mass is 10.0. The Kier molecular flexibility index (Phi) is 5.81. The van der Waals surface area contributed by atoms with Crippen LogP contribution in [0, 0.1) is 0 Å². The summed E-state index contributed by atoms with van der Waals surface area (Å²) in [7, 11) is -3.35. The van der Waals surface area contributed by atoms with Crippen molar-refractivity contribution >= 4 is 33.3 Å². The van der Waals surface area contributed by atoms with Crippen LogP contribution in [0.25, 0.3) is 0 Å². The summed E-state index contributed by atoms with van der Waals surface area (Å²) < 4.78 is 22.9. The van der Waals surface area contributed by atoms with Crippen LogP contribution in [0.5, 0.6) is 0 Å². The van der Waals surface area contributed by atoms with Crippen molar-refractivity contribution in [3.05, 3.63) is 64.7 Å². The zero-order chi connectivity index (χ0) is 18.6. The lowest BCUT2D eigenvalue weighted by Crippen LogP contribution is -2.30.